The van der Waals surface area contributed by atoms with E-state index in [9.17, 15) is 4.79 Å². The first kappa shape index (κ1) is 16.4. The number of carboxylic acids is 1. The van der Waals surface area contributed by atoms with E-state index in [1.54, 1.807) is 12.3 Å². The standard InChI is InChI=1S/C15H25N3O2/c1-4-17(5-2)10-7-11-18(6-3)14-12-13(15(19)20)8-9-16-14/h8-9,12H,4-7,10-11H2,1-3H3,(H,19,20). The van der Waals surface area contributed by atoms with Crippen LogP contribution in [-0.4, -0.2) is 53.7 Å². The molecule has 1 aromatic rings. The quantitative estimate of drug-likeness (QED) is 0.752. The fourth-order valence-electron chi connectivity index (χ4n) is 2.18. The summed E-state index contributed by atoms with van der Waals surface area (Å²) in [5, 5.41) is 9.02. The zero-order valence-corrected chi connectivity index (χ0v) is 12.7. The van der Waals surface area contributed by atoms with Crippen molar-refractivity contribution in [3.8, 4) is 0 Å². The molecule has 5 nitrogen and oxygen atoms in total. The molecule has 1 N–H and O–H groups in total. The van der Waals surface area contributed by atoms with Crippen LogP contribution in [0.15, 0.2) is 18.3 Å². The molecule has 0 aliphatic carbocycles. The molecule has 0 aliphatic rings. The van der Waals surface area contributed by atoms with Gasteiger partial charge in [0.1, 0.15) is 5.82 Å². The molecule has 20 heavy (non-hydrogen) atoms. The maximum Gasteiger partial charge on any atom is 0.335 e. The number of anilines is 1. The summed E-state index contributed by atoms with van der Waals surface area (Å²) in [6.07, 6.45) is 2.61. The highest BCUT2D eigenvalue weighted by atomic mass is 16.4. The van der Waals surface area contributed by atoms with Gasteiger partial charge in [0.2, 0.25) is 0 Å². The highest BCUT2D eigenvalue weighted by molar-refractivity contribution is 5.88. The summed E-state index contributed by atoms with van der Waals surface area (Å²) in [5.74, 6) is -0.167. The molecule has 0 radical (unpaired) electrons. The molecule has 1 aromatic heterocycles. The van der Waals surface area contributed by atoms with Crippen molar-refractivity contribution in [1.82, 2.24) is 9.88 Å². The monoisotopic (exact) mass is 279 g/mol. The van der Waals surface area contributed by atoms with Crippen molar-refractivity contribution in [3.05, 3.63) is 23.9 Å². The van der Waals surface area contributed by atoms with Crippen molar-refractivity contribution in [2.75, 3.05) is 37.6 Å². The van der Waals surface area contributed by atoms with Gasteiger partial charge in [0, 0.05) is 19.3 Å². The van der Waals surface area contributed by atoms with Gasteiger partial charge < -0.3 is 14.9 Å². The highest BCUT2D eigenvalue weighted by Gasteiger charge is 2.10. The highest BCUT2D eigenvalue weighted by Crippen LogP contribution is 2.13. The van der Waals surface area contributed by atoms with Crippen molar-refractivity contribution in [2.45, 2.75) is 27.2 Å². The van der Waals surface area contributed by atoms with E-state index >= 15 is 0 Å². The van der Waals surface area contributed by atoms with Gasteiger partial charge in [-0.2, -0.15) is 0 Å². The molecule has 0 bridgehead atoms. The van der Waals surface area contributed by atoms with Gasteiger partial charge in [-0.05, 0) is 45.1 Å². The average Bonchev–Trinajstić information content (AvgIpc) is 2.48. The summed E-state index contributed by atoms with van der Waals surface area (Å²) in [5.41, 5.74) is 0.289. The molecule has 1 heterocycles. The Morgan fingerprint density at radius 3 is 2.45 bits per heavy atom. The van der Waals surface area contributed by atoms with Crippen molar-refractivity contribution in [3.63, 3.8) is 0 Å². The van der Waals surface area contributed by atoms with E-state index in [4.69, 9.17) is 5.11 Å². The molecule has 1 rings (SSSR count). The number of hydrogen-bond acceptors (Lipinski definition) is 4. The molecular weight excluding hydrogens is 254 g/mol. The molecular formula is C15H25N3O2. The van der Waals surface area contributed by atoms with E-state index in [1.165, 1.54) is 6.07 Å². The molecule has 0 aliphatic heterocycles. The maximum atomic E-state index is 11.0. The second-order valence-electron chi connectivity index (χ2n) is 4.67. The van der Waals surface area contributed by atoms with Crippen LogP contribution in [0.5, 0.6) is 0 Å². The fraction of sp³-hybridized carbons (Fsp3) is 0.600. The lowest BCUT2D eigenvalue weighted by atomic mass is 10.2. The molecule has 0 spiro atoms. The van der Waals surface area contributed by atoms with Crippen LogP contribution in [0.25, 0.3) is 0 Å². The Kier molecular flexibility index (Phi) is 7.01. The largest absolute Gasteiger partial charge is 0.478 e. The molecule has 0 saturated heterocycles. The first-order chi connectivity index (χ1) is 9.62. The number of aromatic carboxylic acids is 1. The van der Waals surface area contributed by atoms with E-state index in [0.717, 1.165) is 45.0 Å². The van der Waals surface area contributed by atoms with Gasteiger partial charge in [0.15, 0.2) is 0 Å². The lowest BCUT2D eigenvalue weighted by Gasteiger charge is -2.24. The first-order valence-corrected chi connectivity index (χ1v) is 7.28. The Morgan fingerprint density at radius 1 is 1.20 bits per heavy atom. The minimum atomic E-state index is -0.909. The normalized spacial score (nSPS) is 10.8. The molecule has 0 unspecified atom stereocenters. The fourth-order valence-corrected chi connectivity index (χ4v) is 2.18. The van der Waals surface area contributed by atoms with E-state index in [2.05, 4.69) is 35.6 Å². The Bertz CT molecular complexity index is 419. The van der Waals surface area contributed by atoms with Crippen LogP contribution in [0.3, 0.4) is 0 Å². The molecule has 0 saturated carbocycles. The van der Waals surface area contributed by atoms with Gasteiger partial charge >= 0.3 is 5.97 Å². The molecule has 0 fully saturated rings. The summed E-state index contributed by atoms with van der Waals surface area (Å²) >= 11 is 0. The number of aromatic nitrogens is 1. The molecule has 0 atom stereocenters. The summed E-state index contributed by atoms with van der Waals surface area (Å²) in [7, 11) is 0. The predicted octanol–water partition coefficient (Wildman–Crippen LogP) is 2.34. The summed E-state index contributed by atoms with van der Waals surface area (Å²) in [6.45, 7) is 11.3. The zero-order chi connectivity index (χ0) is 15.0. The van der Waals surface area contributed by atoms with Crippen molar-refractivity contribution < 1.29 is 9.90 Å². The van der Waals surface area contributed by atoms with E-state index < -0.39 is 5.97 Å². The van der Waals surface area contributed by atoms with Gasteiger partial charge in [-0.15, -0.1) is 0 Å². The summed E-state index contributed by atoms with van der Waals surface area (Å²) < 4.78 is 0. The Labute approximate surface area is 121 Å². The van der Waals surface area contributed by atoms with Gasteiger partial charge in [-0.3, -0.25) is 0 Å². The topological polar surface area (TPSA) is 56.7 Å². The van der Waals surface area contributed by atoms with Crippen molar-refractivity contribution in [2.24, 2.45) is 0 Å². The average molecular weight is 279 g/mol. The molecule has 5 heteroatoms. The summed E-state index contributed by atoms with van der Waals surface area (Å²) in [4.78, 5) is 19.8. The second kappa shape index (κ2) is 8.53. The van der Waals surface area contributed by atoms with Gasteiger partial charge in [0.05, 0.1) is 5.56 Å². The third kappa shape index (κ3) is 4.81. The SMILES string of the molecule is CCN(CC)CCCN(CC)c1cc(C(=O)O)ccn1. The zero-order valence-electron chi connectivity index (χ0n) is 12.7. The Balaban J connectivity index is 2.62. The van der Waals surface area contributed by atoms with Gasteiger partial charge in [0.25, 0.3) is 0 Å². The van der Waals surface area contributed by atoms with Crippen LogP contribution < -0.4 is 4.90 Å². The van der Waals surface area contributed by atoms with E-state index in [1.807, 2.05) is 0 Å². The van der Waals surface area contributed by atoms with Crippen LogP contribution in [0.1, 0.15) is 37.6 Å². The maximum absolute atomic E-state index is 11.0. The van der Waals surface area contributed by atoms with Crippen LogP contribution in [-0.2, 0) is 0 Å². The van der Waals surface area contributed by atoms with E-state index in [-0.39, 0.29) is 5.56 Å². The number of hydrogen-bond donors (Lipinski definition) is 1. The third-order valence-electron chi connectivity index (χ3n) is 3.49. The smallest absolute Gasteiger partial charge is 0.335 e. The number of pyridine rings is 1. The molecule has 0 amide bonds. The van der Waals surface area contributed by atoms with Gasteiger partial charge in [-0.25, -0.2) is 9.78 Å². The van der Waals surface area contributed by atoms with Gasteiger partial charge in [-0.1, -0.05) is 13.8 Å². The third-order valence-corrected chi connectivity index (χ3v) is 3.49. The van der Waals surface area contributed by atoms with Crippen molar-refractivity contribution in [1.29, 1.82) is 0 Å². The van der Waals surface area contributed by atoms with Crippen LogP contribution in [0, 0.1) is 0 Å². The van der Waals surface area contributed by atoms with Crippen LogP contribution in [0.2, 0.25) is 0 Å². The number of nitrogens with zero attached hydrogens (tertiary/aromatic N) is 3. The summed E-state index contributed by atoms with van der Waals surface area (Å²) in [6, 6.07) is 3.17. The van der Waals surface area contributed by atoms with Crippen LogP contribution >= 0.6 is 0 Å². The number of rotatable bonds is 9. The second-order valence-corrected chi connectivity index (χ2v) is 4.67. The lowest BCUT2D eigenvalue weighted by molar-refractivity contribution is 0.0697. The van der Waals surface area contributed by atoms with E-state index in [0.29, 0.717) is 0 Å². The predicted molar refractivity (Wildman–Crippen MR) is 81.5 cm³/mol. The lowest BCUT2D eigenvalue weighted by Crippen LogP contribution is -2.30. The minimum Gasteiger partial charge on any atom is -0.478 e. The Hall–Kier alpha value is -1.62. The number of carbonyl (C=O) groups is 1. The van der Waals surface area contributed by atoms with Crippen molar-refractivity contribution >= 4 is 11.8 Å². The number of carboxylic acid groups (broad SMARTS) is 1. The van der Waals surface area contributed by atoms with Crippen LogP contribution in [0.4, 0.5) is 5.82 Å². The molecule has 0 aromatic carbocycles. The first-order valence-electron chi connectivity index (χ1n) is 7.28. The minimum absolute atomic E-state index is 0.289. The molecule has 112 valence electrons. The Morgan fingerprint density at radius 2 is 1.90 bits per heavy atom.